The fourth-order valence-corrected chi connectivity index (χ4v) is 14.8. The van der Waals surface area contributed by atoms with Crippen molar-refractivity contribution in [2.45, 2.75) is 78.6 Å². The molecule has 15 rings (SSSR count). The summed E-state index contributed by atoms with van der Waals surface area (Å²) < 4.78 is 5.13. The van der Waals surface area contributed by atoms with Gasteiger partial charge in [0, 0.05) is 70.5 Å². The van der Waals surface area contributed by atoms with Gasteiger partial charge in [-0.25, -0.2) is 0 Å². The van der Waals surface area contributed by atoms with Crippen molar-refractivity contribution >= 4 is 111 Å². The summed E-state index contributed by atoms with van der Waals surface area (Å²) >= 11 is 1.92. The van der Waals surface area contributed by atoms with Gasteiger partial charge in [-0.05, 0) is 146 Å². The Hall–Kier alpha value is -8.90. The van der Waals surface area contributed by atoms with Crippen LogP contribution < -0.4 is 26.2 Å². The lowest BCUT2D eigenvalue weighted by Crippen LogP contribution is -2.61. The molecule has 0 saturated carbocycles. The summed E-state index contributed by atoms with van der Waals surface area (Å²) in [6.07, 6.45) is 3.15. The van der Waals surface area contributed by atoms with Gasteiger partial charge >= 0.3 is 0 Å². The minimum atomic E-state index is -0.229. The number of nitrogens with zero attached hydrogens (tertiary/aromatic N) is 3. The monoisotopic (exact) mass is 1090 g/mol. The number of hydrogen-bond acceptors (Lipinski definition) is 3. The van der Waals surface area contributed by atoms with Gasteiger partial charge in [-0.2, -0.15) is 0 Å². The van der Waals surface area contributed by atoms with Gasteiger partial charge in [0.05, 0.1) is 22.4 Å². The molecule has 5 heteroatoms. The van der Waals surface area contributed by atoms with Crippen molar-refractivity contribution in [1.29, 1.82) is 0 Å². The molecule has 13 aromatic rings. The maximum Gasteiger partial charge on any atom is 0.252 e. The Bertz CT molecular complexity index is 4580. The summed E-state index contributed by atoms with van der Waals surface area (Å²) in [5, 5.41) is 5.15. The Kier molecular flexibility index (Phi) is 12.1. The Labute approximate surface area is 492 Å². The van der Waals surface area contributed by atoms with Gasteiger partial charge in [-0.15, -0.1) is 11.3 Å². The fraction of sp³-hybridized carbons (Fsp3) is 0.154. The molecule has 83 heavy (non-hydrogen) atoms. The zero-order chi connectivity index (χ0) is 56.3. The third-order valence-electron chi connectivity index (χ3n) is 17.9. The highest BCUT2D eigenvalue weighted by Gasteiger charge is 2.46. The predicted octanol–water partition coefficient (Wildman–Crippen LogP) is 20.2. The lowest BCUT2D eigenvalue weighted by molar-refractivity contribution is 0.590. The van der Waals surface area contributed by atoms with E-state index in [4.69, 9.17) is 0 Å². The molecule has 0 saturated heterocycles. The summed E-state index contributed by atoms with van der Waals surface area (Å²) in [5.74, 6) is 0. The van der Waals surface area contributed by atoms with Crippen LogP contribution >= 0.6 is 11.3 Å². The first-order valence-electron chi connectivity index (χ1n) is 29.8. The third kappa shape index (κ3) is 8.29. The van der Waals surface area contributed by atoms with E-state index in [1.54, 1.807) is 0 Å². The summed E-state index contributed by atoms with van der Waals surface area (Å²) in [6, 6.07) is 90.3. The van der Waals surface area contributed by atoms with Crippen LogP contribution in [0.15, 0.2) is 237 Å². The first kappa shape index (κ1) is 51.0. The molecule has 402 valence electrons. The molecule has 0 bridgehead atoms. The largest absolute Gasteiger partial charge is 0.310 e. The SMILES string of the molecule is CCCCc1ccc2sc3ccccc3c2c1N1c2cc(-n3c4ccccc4c4ccccc43)ccc2B2c3cc(-c4ccccc4)ccc3N(c3c(-c4ccccc4)cc(C(C)(C)C)cc3-c3ccccc3)c3cc(C(C)(C)C)cc1c32. The van der Waals surface area contributed by atoms with Crippen LogP contribution in [-0.4, -0.2) is 11.3 Å². The topological polar surface area (TPSA) is 11.4 Å². The molecular formula is C78H66BN3S. The molecule has 2 aliphatic rings. The van der Waals surface area contributed by atoms with Crippen molar-refractivity contribution in [1.82, 2.24) is 4.57 Å². The molecule has 0 amide bonds. The summed E-state index contributed by atoms with van der Waals surface area (Å²) in [4.78, 5) is 5.48. The van der Waals surface area contributed by atoms with Crippen molar-refractivity contribution in [3.63, 3.8) is 0 Å². The van der Waals surface area contributed by atoms with E-state index in [0.717, 1.165) is 24.9 Å². The zero-order valence-corrected chi connectivity index (χ0v) is 49.3. The molecule has 0 fully saturated rings. The number of fused-ring (bicyclic) bond motifs is 10. The number of para-hydroxylation sites is 2. The van der Waals surface area contributed by atoms with E-state index in [1.165, 1.54) is 143 Å². The van der Waals surface area contributed by atoms with Crippen LogP contribution in [-0.2, 0) is 17.3 Å². The Morgan fingerprint density at radius 3 is 1.55 bits per heavy atom. The van der Waals surface area contributed by atoms with Gasteiger partial charge in [0.25, 0.3) is 6.71 Å². The lowest BCUT2D eigenvalue weighted by atomic mass is 9.33. The lowest BCUT2D eigenvalue weighted by Gasteiger charge is -2.46. The second kappa shape index (κ2) is 19.6. The van der Waals surface area contributed by atoms with E-state index in [2.05, 4.69) is 299 Å². The maximum atomic E-state index is 2.77. The van der Waals surface area contributed by atoms with Crippen LogP contribution in [0.25, 0.3) is 81.0 Å². The van der Waals surface area contributed by atoms with Crippen LogP contribution in [0.2, 0.25) is 0 Å². The van der Waals surface area contributed by atoms with E-state index in [1.807, 2.05) is 11.3 Å². The quantitative estimate of drug-likeness (QED) is 0.133. The highest BCUT2D eigenvalue weighted by Crippen LogP contribution is 2.54. The number of benzene rings is 11. The number of rotatable bonds is 9. The molecule has 0 atom stereocenters. The second-order valence-corrected chi connectivity index (χ2v) is 26.2. The Morgan fingerprint density at radius 1 is 0.410 bits per heavy atom. The van der Waals surface area contributed by atoms with E-state index >= 15 is 0 Å². The van der Waals surface area contributed by atoms with Gasteiger partial charge in [0.1, 0.15) is 0 Å². The molecule has 0 unspecified atom stereocenters. The molecule has 3 nitrogen and oxygen atoms in total. The van der Waals surface area contributed by atoms with E-state index < -0.39 is 0 Å². The number of hydrogen-bond donors (Lipinski definition) is 0. The normalized spacial score (nSPS) is 13.1. The van der Waals surface area contributed by atoms with Gasteiger partial charge in [0.15, 0.2) is 0 Å². The van der Waals surface area contributed by atoms with Crippen LogP contribution in [0.5, 0.6) is 0 Å². The molecule has 0 aliphatic carbocycles. The molecule has 0 radical (unpaired) electrons. The van der Waals surface area contributed by atoms with Gasteiger partial charge < -0.3 is 14.4 Å². The van der Waals surface area contributed by atoms with Crippen LogP contribution in [0, 0.1) is 0 Å². The van der Waals surface area contributed by atoms with Crippen LogP contribution in [0.3, 0.4) is 0 Å². The standard InChI is InChI=1S/C78H66BN3S/c1-8-9-25-53-39-43-72-73(60-34-21-24-37-71(60)83-72)75(53)82-68-49-57(80-65-35-22-19-32-58(65)59-33-20-23-36-66(59)80)40-41-63(68)79-64-44-54(50-26-13-10-14-27-50)38-42-67(64)81(69-47-56(78(5,6)7)48-70(82)74(69)79)76-61(51-28-15-11-16-29-51)45-55(77(2,3)4)46-62(76)52-30-17-12-18-31-52/h10-24,26-49H,8-9,25H2,1-7H3. The third-order valence-corrected chi connectivity index (χ3v) is 19.0. The van der Waals surface area contributed by atoms with Crippen molar-refractivity contribution < 1.29 is 0 Å². The van der Waals surface area contributed by atoms with Crippen molar-refractivity contribution in [3.05, 3.63) is 253 Å². The van der Waals surface area contributed by atoms with E-state index in [0.29, 0.717) is 0 Å². The smallest absolute Gasteiger partial charge is 0.252 e. The first-order chi connectivity index (χ1) is 40.4. The molecule has 2 aromatic heterocycles. The fourth-order valence-electron chi connectivity index (χ4n) is 13.7. The van der Waals surface area contributed by atoms with Crippen molar-refractivity contribution in [2.75, 3.05) is 9.80 Å². The summed E-state index contributed by atoms with van der Waals surface area (Å²) in [6.45, 7) is 16.5. The Morgan fingerprint density at radius 2 is 0.952 bits per heavy atom. The molecule has 0 N–H and O–H groups in total. The average molecular weight is 1090 g/mol. The maximum absolute atomic E-state index is 2.77. The van der Waals surface area contributed by atoms with Gasteiger partial charge in [-0.1, -0.05) is 225 Å². The van der Waals surface area contributed by atoms with Crippen LogP contribution in [0.1, 0.15) is 78.0 Å². The number of unbranched alkanes of at least 4 members (excludes halogenated alkanes) is 1. The summed E-state index contributed by atoms with van der Waals surface area (Å²) in [7, 11) is 0. The Balaban J connectivity index is 1.13. The molecule has 2 aliphatic heterocycles. The zero-order valence-electron chi connectivity index (χ0n) is 48.5. The molecule has 0 spiro atoms. The van der Waals surface area contributed by atoms with Crippen LogP contribution in [0.4, 0.5) is 34.1 Å². The minimum absolute atomic E-state index is 0.128. The average Bonchev–Trinajstić information content (AvgIpc) is 2.24. The minimum Gasteiger partial charge on any atom is -0.310 e. The number of thiophene rings is 1. The van der Waals surface area contributed by atoms with E-state index in [-0.39, 0.29) is 17.5 Å². The highest BCUT2D eigenvalue weighted by atomic mass is 32.1. The van der Waals surface area contributed by atoms with Gasteiger partial charge in [0.2, 0.25) is 0 Å². The summed E-state index contributed by atoms with van der Waals surface area (Å²) in [5.41, 5.74) is 25.6. The van der Waals surface area contributed by atoms with Crippen molar-refractivity contribution in [3.8, 4) is 39.1 Å². The predicted molar refractivity (Wildman–Crippen MR) is 360 cm³/mol. The first-order valence-corrected chi connectivity index (χ1v) is 30.6. The molecule has 4 heterocycles. The van der Waals surface area contributed by atoms with Gasteiger partial charge in [-0.3, -0.25) is 0 Å². The molecule has 11 aromatic carbocycles. The second-order valence-electron chi connectivity index (χ2n) is 25.1. The number of aromatic nitrogens is 1. The highest BCUT2D eigenvalue weighted by molar-refractivity contribution is 7.26. The number of aryl methyl sites for hydroxylation is 1. The molecular weight excluding hydrogens is 1020 g/mol. The number of anilines is 6. The van der Waals surface area contributed by atoms with Crippen molar-refractivity contribution in [2.24, 2.45) is 0 Å². The van der Waals surface area contributed by atoms with E-state index in [9.17, 15) is 0 Å².